The lowest BCUT2D eigenvalue weighted by Crippen LogP contribution is -2.07. The molecule has 1 unspecified atom stereocenters. The second kappa shape index (κ2) is 6.35. The summed E-state index contributed by atoms with van der Waals surface area (Å²) >= 11 is 0. The molecule has 17 heavy (non-hydrogen) atoms. The van der Waals surface area contributed by atoms with E-state index in [0.29, 0.717) is 6.54 Å². The first-order valence-electron chi connectivity index (χ1n) is 5.67. The number of rotatable bonds is 6. The highest BCUT2D eigenvalue weighted by atomic mass is 16.5. The van der Waals surface area contributed by atoms with Crippen LogP contribution in [-0.2, 0) is 0 Å². The van der Waals surface area contributed by atoms with Crippen molar-refractivity contribution in [3.05, 3.63) is 17.7 Å². The van der Waals surface area contributed by atoms with Crippen LogP contribution >= 0.6 is 0 Å². The summed E-state index contributed by atoms with van der Waals surface area (Å²) in [4.78, 5) is 0. The number of hydrogen-bond donors (Lipinski definition) is 1. The van der Waals surface area contributed by atoms with Crippen molar-refractivity contribution in [2.24, 2.45) is 5.73 Å². The Morgan fingerprint density at radius 2 is 1.59 bits per heavy atom. The third kappa shape index (κ3) is 3.03. The lowest BCUT2D eigenvalue weighted by Gasteiger charge is -2.19. The van der Waals surface area contributed by atoms with Gasteiger partial charge in [-0.05, 0) is 18.9 Å². The normalized spacial score (nSPS) is 12.1. The fourth-order valence-electron chi connectivity index (χ4n) is 1.91. The van der Waals surface area contributed by atoms with Crippen molar-refractivity contribution < 1.29 is 14.2 Å². The van der Waals surface area contributed by atoms with Gasteiger partial charge in [-0.15, -0.1) is 0 Å². The maximum atomic E-state index is 5.60. The van der Waals surface area contributed by atoms with E-state index in [9.17, 15) is 0 Å². The third-order valence-corrected chi connectivity index (χ3v) is 2.85. The fourth-order valence-corrected chi connectivity index (χ4v) is 1.91. The van der Waals surface area contributed by atoms with Crippen molar-refractivity contribution in [3.8, 4) is 17.2 Å². The maximum absolute atomic E-state index is 5.60. The topological polar surface area (TPSA) is 53.7 Å². The highest BCUT2D eigenvalue weighted by Gasteiger charge is 2.18. The van der Waals surface area contributed by atoms with Gasteiger partial charge in [-0.3, -0.25) is 0 Å². The predicted molar refractivity (Wildman–Crippen MR) is 68.2 cm³/mol. The van der Waals surface area contributed by atoms with Crippen molar-refractivity contribution in [1.29, 1.82) is 0 Å². The average Bonchev–Trinajstić information content (AvgIpc) is 2.37. The zero-order valence-electron chi connectivity index (χ0n) is 10.9. The van der Waals surface area contributed by atoms with Gasteiger partial charge in [0.1, 0.15) is 17.2 Å². The Kier molecular flexibility index (Phi) is 5.10. The molecule has 0 aliphatic rings. The second-order valence-electron chi connectivity index (χ2n) is 3.92. The molecule has 0 aliphatic heterocycles. The first kappa shape index (κ1) is 13.6. The Hall–Kier alpha value is -1.42. The smallest absolute Gasteiger partial charge is 0.129 e. The molecule has 2 N–H and O–H groups in total. The predicted octanol–water partition coefficient (Wildman–Crippen LogP) is 2.16. The highest BCUT2D eigenvalue weighted by Crippen LogP contribution is 2.39. The summed E-state index contributed by atoms with van der Waals surface area (Å²) in [6, 6.07) is 3.73. The first-order valence-corrected chi connectivity index (χ1v) is 5.67. The summed E-state index contributed by atoms with van der Waals surface area (Å²) in [5, 5.41) is 0. The van der Waals surface area contributed by atoms with Gasteiger partial charge in [-0.1, -0.05) is 6.92 Å². The number of hydrogen-bond acceptors (Lipinski definition) is 4. The standard InChI is InChI=1S/C13H21NO3/c1-9(5-6-14)13-11(16-3)7-10(15-2)8-12(13)17-4/h7-9H,5-6,14H2,1-4H3. The molecule has 1 atom stereocenters. The van der Waals surface area contributed by atoms with Gasteiger partial charge in [-0.25, -0.2) is 0 Å². The van der Waals surface area contributed by atoms with E-state index in [1.165, 1.54) is 0 Å². The van der Waals surface area contributed by atoms with Crippen LogP contribution in [0.1, 0.15) is 24.8 Å². The van der Waals surface area contributed by atoms with Crippen LogP contribution in [0.3, 0.4) is 0 Å². The molecule has 0 saturated carbocycles. The zero-order chi connectivity index (χ0) is 12.8. The average molecular weight is 239 g/mol. The molecule has 96 valence electrons. The van der Waals surface area contributed by atoms with E-state index in [1.54, 1.807) is 21.3 Å². The van der Waals surface area contributed by atoms with Gasteiger partial charge in [0.05, 0.1) is 21.3 Å². The minimum absolute atomic E-state index is 0.288. The van der Waals surface area contributed by atoms with Gasteiger partial charge in [0.15, 0.2) is 0 Å². The molecular formula is C13H21NO3. The molecule has 0 spiro atoms. The van der Waals surface area contributed by atoms with Crippen LogP contribution < -0.4 is 19.9 Å². The Labute approximate surface area is 103 Å². The largest absolute Gasteiger partial charge is 0.496 e. The van der Waals surface area contributed by atoms with Gasteiger partial charge in [0.2, 0.25) is 0 Å². The Morgan fingerprint density at radius 1 is 1.06 bits per heavy atom. The van der Waals surface area contributed by atoms with E-state index in [-0.39, 0.29) is 5.92 Å². The van der Waals surface area contributed by atoms with Crippen LogP contribution in [0.25, 0.3) is 0 Å². The molecule has 0 heterocycles. The summed E-state index contributed by atoms with van der Waals surface area (Å²) in [5.74, 6) is 2.57. The monoisotopic (exact) mass is 239 g/mol. The van der Waals surface area contributed by atoms with E-state index in [2.05, 4.69) is 6.92 Å². The molecule has 0 fully saturated rings. The molecule has 0 aliphatic carbocycles. The van der Waals surface area contributed by atoms with Crippen LogP contribution in [0.2, 0.25) is 0 Å². The number of benzene rings is 1. The summed E-state index contributed by atoms with van der Waals surface area (Å²) in [5.41, 5.74) is 6.64. The molecule has 0 radical (unpaired) electrons. The van der Waals surface area contributed by atoms with E-state index in [0.717, 1.165) is 29.2 Å². The van der Waals surface area contributed by atoms with Crippen LogP contribution in [-0.4, -0.2) is 27.9 Å². The quantitative estimate of drug-likeness (QED) is 0.826. The van der Waals surface area contributed by atoms with E-state index < -0.39 is 0 Å². The molecule has 0 bridgehead atoms. The molecule has 0 saturated heterocycles. The summed E-state index contributed by atoms with van der Waals surface area (Å²) in [6.45, 7) is 2.75. The lowest BCUT2D eigenvalue weighted by molar-refractivity contribution is 0.364. The molecule has 1 aromatic carbocycles. The maximum Gasteiger partial charge on any atom is 0.129 e. The second-order valence-corrected chi connectivity index (χ2v) is 3.92. The van der Waals surface area contributed by atoms with E-state index >= 15 is 0 Å². The molecular weight excluding hydrogens is 218 g/mol. The van der Waals surface area contributed by atoms with Crippen LogP contribution in [0, 0.1) is 0 Å². The summed E-state index contributed by atoms with van der Waals surface area (Å²) in [7, 11) is 4.91. The number of methoxy groups -OCH3 is 3. The molecule has 1 aromatic rings. The minimum Gasteiger partial charge on any atom is -0.496 e. The SMILES string of the molecule is COc1cc(OC)c(C(C)CCN)c(OC)c1. The van der Waals surface area contributed by atoms with Crippen LogP contribution in [0.5, 0.6) is 17.2 Å². The summed E-state index contributed by atoms with van der Waals surface area (Å²) in [6.07, 6.45) is 0.888. The summed E-state index contributed by atoms with van der Waals surface area (Å²) < 4.78 is 16.0. The van der Waals surface area contributed by atoms with E-state index in [1.807, 2.05) is 12.1 Å². The number of ether oxygens (including phenoxy) is 3. The zero-order valence-corrected chi connectivity index (χ0v) is 10.9. The van der Waals surface area contributed by atoms with Crippen molar-refractivity contribution in [2.75, 3.05) is 27.9 Å². The Balaban J connectivity index is 3.23. The minimum atomic E-state index is 0.288. The van der Waals surface area contributed by atoms with E-state index in [4.69, 9.17) is 19.9 Å². The van der Waals surface area contributed by atoms with Crippen molar-refractivity contribution >= 4 is 0 Å². The van der Waals surface area contributed by atoms with Crippen LogP contribution in [0.4, 0.5) is 0 Å². The Morgan fingerprint density at radius 3 is 1.94 bits per heavy atom. The van der Waals surface area contributed by atoms with Gasteiger partial charge < -0.3 is 19.9 Å². The van der Waals surface area contributed by atoms with Crippen molar-refractivity contribution in [1.82, 2.24) is 0 Å². The molecule has 0 amide bonds. The lowest BCUT2D eigenvalue weighted by atomic mass is 9.95. The van der Waals surface area contributed by atoms with Gasteiger partial charge in [0.25, 0.3) is 0 Å². The van der Waals surface area contributed by atoms with Gasteiger partial charge in [0, 0.05) is 17.7 Å². The molecule has 4 heteroatoms. The van der Waals surface area contributed by atoms with Gasteiger partial charge in [-0.2, -0.15) is 0 Å². The first-order chi connectivity index (χ1) is 8.17. The Bertz CT molecular complexity index is 341. The molecule has 4 nitrogen and oxygen atoms in total. The third-order valence-electron chi connectivity index (χ3n) is 2.85. The highest BCUT2D eigenvalue weighted by molar-refractivity contribution is 5.52. The molecule has 1 rings (SSSR count). The number of nitrogens with two attached hydrogens (primary N) is 1. The fraction of sp³-hybridized carbons (Fsp3) is 0.538. The van der Waals surface area contributed by atoms with Crippen molar-refractivity contribution in [3.63, 3.8) is 0 Å². The van der Waals surface area contributed by atoms with Crippen molar-refractivity contribution in [2.45, 2.75) is 19.3 Å². The van der Waals surface area contributed by atoms with Gasteiger partial charge >= 0.3 is 0 Å². The van der Waals surface area contributed by atoms with Crippen LogP contribution in [0.15, 0.2) is 12.1 Å². The molecule has 0 aromatic heterocycles.